The van der Waals surface area contributed by atoms with Gasteiger partial charge in [0.05, 0.1) is 86.1 Å². The summed E-state index contributed by atoms with van der Waals surface area (Å²) in [5.74, 6) is 0. The lowest BCUT2D eigenvalue weighted by Gasteiger charge is -2.32. The summed E-state index contributed by atoms with van der Waals surface area (Å²) >= 11 is 6.13. The Balaban J connectivity index is 0.000000347. The van der Waals surface area contributed by atoms with Gasteiger partial charge in [-0.2, -0.15) is 41.0 Å². The number of nitrogens with zero attached hydrogens (tertiary/aromatic N) is 8. The fraction of sp³-hybridized carbons (Fsp3) is 0.671. The predicted molar refractivity (Wildman–Crippen MR) is 469 cm³/mol. The molecule has 12 heterocycles. The normalized spacial score (nSPS) is 25.7. The number of hydrogen-bond donors (Lipinski definition) is 15. The first-order valence-corrected chi connectivity index (χ1v) is 44.5. The lowest BCUT2D eigenvalue weighted by atomic mass is 10.1. The van der Waals surface area contributed by atoms with Crippen LogP contribution < -0.4 is 97.8 Å². The maximum Gasteiger partial charge on any atom is 0.330 e. The van der Waals surface area contributed by atoms with Crippen LogP contribution in [0.1, 0.15) is 213 Å². The molecule has 17 N–H and O–H groups in total. The topological polar surface area (TPSA) is 650 Å². The van der Waals surface area contributed by atoms with Gasteiger partial charge >= 0.3 is 34.1 Å². The molecule has 50 heteroatoms. The summed E-state index contributed by atoms with van der Waals surface area (Å²) in [6.07, 6.45) is 1.12. The highest BCUT2D eigenvalue weighted by atomic mass is 35.7. The Morgan fingerprint density at radius 3 is 0.952 bits per heavy atom. The largest absolute Gasteiger partial charge is 0.390 e. The number of aliphatic hydroxyl groups is 3. The molecular weight excluding hydrogens is 1740 g/mol. The van der Waals surface area contributed by atoms with Crippen molar-refractivity contribution in [3.8, 4) is 6.07 Å². The molecule has 710 valence electrons. The van der Waals surface area contributed by atoms with Crippen LogP contribution in [0.15, 0.2) is 94.7 Å². The van der Waals surface area contributed by atoms with Gasteiger partial charge in [-0.05, 0) is 99.7 Å². The van der Waals surface area contributed by atoms with Crippen LogP contribution in [-0.4, -0.2) is 206 Å². The highest BCUT2D eigenvalue weighted by Gasteiger charge is 2.43. The number of H-pyrrole nitrogens is 6. The summed E-state index contributed by atoms with van der Waals surface area (Å²) in [5, 5.41) is 38.8. The molecule has 1 unspecified atom stereocenters. The highest BCUT2D eigenvalue weighted by Crippen LogP contribution is 2.49. The van der Waals surface area contributed by atoms with Crippen molar-refractivity contribution in [2.45, 2.75) is 306 Å². The number of nitriles is 1. The summed E-state index contributed by atoms with van der Waals surface area (Å²) in [5.41, 5.74) is 6.89. The van der Waals surface area contributed by atoms with Crippen molar-refractivity contribution in [1.82, 2.24) is 80.9 Å². The lowest BCUT2D eigenvalue weighted by Crippen LogP contribution is -2.48. The van der Waals surface area contributed by atoms with Crippen LogP contribution in [-0.2, 0) is 53.4 Å². The van der Waals surface area contributed by atoms with Gasteiger partial charge < -0.3 is 59.7 Å². The molecule has 0 bridgehead atoms. The molecule has 0 radical (unpaired) electrons. The van der Waals surface area contributed by atoms with E-state index in [2.05, 4.69) is 81.2 Å². The molecule has 0 aliphatic carbocycles. The molecule has 6 aromatic heterocycles. The Labute approximate surface area is 732 Å². The minimum absolute atomic E-state index is 0. The third-order valence-electron chi connectivity index (χ3n) is 20.8. The van der Waals surface area contributed by atoms with Crippen molar-refractivity contribution >= 4 is 39.3 Å². The maximum absolute atomic E-state index is 12.8. The molecular formula is C76H126ClN20O26PS2. The first-order chi connectivity index (χ1) is 57.3. The number of aromatic nitrogens is 12. The van der Waals surface area contributed by atoms with E-state index in [4.69, 9.17) is 60.9 Å². The second-order valence-corrected chi connectivity index (χ2v) is 35.7. The van der Waals surface area contributed by atoms with Crippen LogP contribution in [0.4, 0.5) is 0 Å². The van der Waals surface area contributed by atoms with E-state index in [0.717, 1.165) is 15.6 Å². The van der Waals surface area contributed by atoms with E-state index in [1.54, 1.807) is 27.7 Å². The van der Waals surface area contributed by atoms with Gasteiger partial charge in [0.25, 0.3) is 53.8 Å². The zero-order valence-electron chi connectivity index (χ0n) is 69.5. The zero-order chi connectivity index (χ0) is 90.4. The van der Waals surface area contributed by atoms with Gasteiger partial charge in [0, 0.05) is 147 Å². The summed E-state index contributed by atoms with van der Waals surface area (Å²) in [4.78, 5) is 154. The third kappa shape index (κ3) is 28.5. The molecule has 19 atom stereocenters. The number of aromatic amines is 6. The van der Waals surface area contributed by atoms with Gasteiger partial charge in [0.15, 0.2) is 0 Å². The zero-order valence-corrected chi connectivity index (χ0v) is 72.8. The van der Waals surface area contributed by atoms with Gasteiger partial charge in [-0.15, -0.1) is 0 Å². The fourth-order valence-electron chi connectivity index (χ4n) is 14.2. The summed E-state index contributed by atoms with van der Waals surface area (Å²) < 4.78 is 110. The standard InChI is InChI=1S/2C21H30N6O9S.C11H17N3O3.C10H15N3O4.C9H18ClN2OP.4CH4/c2*1-4-14-12(5-16(35-14)26-8-10(2)18(29)23-20(26)31)25-37(33,34)22-7-15-13(28)6-17(36-15)27-9-11(3)19(30)24-21(27)32;1-3-8-7(12)4-9(17-8)14-5-6(2)10(15)13-11(14)16;1-5-4-13(10(16)12-9(5)15)8-2-6(14)7(3-11)17-8;1-8(2)12(9(3)4)14(10)13-7-5-6-11;;;;/h2*8-9,12-17,22,25,28H,4-7H2,1-3H3,(H,23,29,31)(H,24,30,32);5,7-9H,3-4,12H2,1-2H3,(H,13,15,16);4,6-8,14H,2-3,11H2,1H3,(H,12,15,16);8-9H,5,7H2,1-4H3;4*1H4/t2*12-,13-,14+,15+,16+,17+;7-,8+,9+;6-,7+,8+;;;;;/m0000...../s1. The molecule has 0 aromatic carbocycles. The monoisotopic (exact) mass is 1860 g/mol. The molecule has 6 fully saturated rings. The minimum Gasteiger partial charge on any atom is -0.390 e. The van der Waals surface area contributed by atoms with Gasteiger partial charge in [-0.3, -0.25) is 86.1 Å². The highest BCUT2D eigenvalue weighted by molar-refractivity contribution is 7.87. The number of rotatable bonds is 26. The summed E-state index contributed by atoms with van der Waals surface area (Å²) in [6.45, 7) is 23.4. The Hall–Kier alpha value is -8.49. The van der Waals surface area contributed by atoms with E-state index in [1.165, 1.54) is 69.3 Å². The molecule has 46 nitrogen and oxygen atoms in total. The molecule has 0 spiro atoms. The van der Waals surface area contributed by atoms with Crippen LogP contribution in [0.3, 0.4) is 0 Å². The van der Waals surface area contributed by atoms with Crippen LogP contribution >= 0.6 is 18.9 Å². The van der Waals surface area contributed by atoms with Gasteiger partial charge in [0.2, 0.25) is 7.65 Å². The number of hydrogen-bond acceptors (Lipinski definition) is 30. The van der Waals surface area contributed by atoms with Gasteiger partial charge in [-0.25, -0.2) is 33.4 Å². The second kappa shape index (κ2) is 48.2. The third-order valence-corrected chi connectivity index (χ3v) is 25.6. The molecule has 6 aromatic rings. The minimum atomic E-state index is -4.08. The maximum atomic E-state index is 12.8. The average Bonchev–Trinajstić information content (AvgIpc) is 1.66. The van der Waals surface area contributed by atoms with E-state index in [1.807, 2.05) is 26.8 Å². The van der Waals surface area contributed by atoms with E-state index in [0.29, 0.717) is 66.6 Å². The number of aryl methyl sites for hydroxylation is 6. The van der Waals surface area contributed by atoms with E-state index in [9.17, 15) is 89.7 Å². The van der Waals surface area contributed by atoms with Crippen molar-refractivity contribution < 1.29 is 65.1 Å². The quantitative estimate of drug-likeness (QED) is 0.0252. The molecule has 0 amide bonds. The fourth-order valence-corrected chi connectivity index (χ4v) is 18.8. The van der Waals surface area contributed by atoms with Crippen molar-refractivity contribution in [3.05, 3.63) is 196 Å². The Morgan fingerprint density at radius 2 is 0.706 bits per heavy atom. The number of nitrogens with one attached hydrogen (secondary N) is 10. The molecule has 6 saturated heterocycles. The Kier molecular flexibility index (Phi) is 42.1. The predicted octanol–water partition coefficient (Wildman–Crippen LogP) is 0.0518. The molecule has 126 heavy (non-hydrogen) atoms. The van der Waals surface area contributed by atoms with Crippen molar-refractivity contribution in [2.75, 3.05) is 26.2 Å². The van der Waals surface area contributed by atoms with E-state index >= 15 is 0 Å². The van der Waals surface area contributed by atoms with Crippen LogP contribution in [0.2, 0.25) is 0 Å². The molecule has 6 aliphatic heterocycles. The smallest absolute Gasteiger partial charge is 0.330 e. The van der Waals surface area contributed by atoms with E-state index in [-0.39, 0.29) is 117 Å². The lowest BCUT2D eigenvalue weighted by molar-refractivity contribution is -0.0170. The van der Waals surface area contributed by atoms with Crippen LogP contribution in [0.25, 0.3) is 0 Å². The van der Waals surface area contributed by atoms with Crippen molar-refractivity contribution in [3.63, 3.8) is 0 Å². The molecule has 6 aliphatic rings. The first-order valence-electron chi connectivity index (χ1n) is 39.4. The second-order valence-electron chi connectivity index (χ2n) is 30.6. The Bertz CT molecular complexity index is 5340. The van der Waals surface area contributed by atoms with Gasteiger partial charge in [-0.1, -0.05) is 50.5 Å². The van der Waals surface area contributed by atoms with Gasteiger partial charge in [0.1, 0.15) is 37.4 Å². The SMILES string of the molecule is C.C.C.C.CC(C)N(C(C)C)P(Cl)OCCC#N.CC[C@H]1O[C@@H](n2cc(C)c(=O)[nH]c2=O)C[C@@H]1N.CC[C@H]1O[C@@H](n2cc(C)c(=O)[nH]c2=O)C[C@@H]1NS(=O)(=O)NC[C@H]1O[C@@H](n2cc(C)c(=O)[nH]c2=O)C[C@@H]1O.CC[C@H]1O[C@@H](n2cc(C)c(=O)[nH]c2=O)C[C@@H]1NS(=O)(=O)NC[C@H]1O[C@@H](n2cc(C)c(=O)[nH]c2=O)C[C@@H]1O.Cc1cn([C@H]2C[C@H](O)[C@@H](CN)O2)c(=O)[nH]c1=O. The average molecular weight is 1870 g/mol. The number of aliphatic hydroxyl groups excluding tert-OH is 3. The van der Waals surface area contributed by atoms with E-state index < -0.39 is 182 Å². The number of ether oxygens (including phenoxy) is 6. The molecule has 12 rings (SSSR count). The molecule has 0 saturated carbocycles. The summed E-state index contributed by atoms with van der Waals surface area (Å²) in [7, 11) is -9.25. The van der Waals surface area contributed by atoms with Crippen LogP contribution in [0, 0.1) is 52.9 Å². The number of nitrogens with two attached hydrogens (primary N) is 2. The number of halogens is 1. The van der Waals surface area contributed by atoms with Crippen molar-refractivity contribution in [2.24, 2.45) is 11.5 Å². The Morgan fingerprint density at radius 1 is 0.460 bits per heavy atom. The van der Waals surface area contributed by atoms with Crippen LogP contribution in [0.5, 0.6) is 0 Å². The summed E-state index contributed by atoms with van der Waals surface area (Å²) in [6, 6.07) is 1.35. The first kappa shape index (κ1) is 110. The van der Waals surface area contributed by atoms with Crippen molar-refractivity contribution in [1.29, 1.82) is 5.26 Å².